The van der Waals surface area contributed by atoms with Crippen LogP contribution in [0.15, 0.2) is 0 Å². The van der Waals surface area contributed by atoms with Crippen LogP contribution in [0.25, 0.3) is 0 Å². The Kier molecular flexibility index (Phi) is 4.11. The maximum atomic E-state index is 11.6. The van der Waals surface area contributed by atoms with E-state index in [1.54, 1.807) is 0 Å². The van der Waals surface area contributed by atoms with Crippen molar-refractivity contribution in [2.24, 2.45) is 11.8 Å². The fourth-order valence-corrected chi connectivity index (χ4v) is 4.06. The van der Waals surface area contributed by atoms with Gasteiger partial charge in [0.15, 0.2) is 0 Å². The van der Waals surface area contributed by atoms with Crippen molar-refractivity contribution in [3.8, 4) is 0 Å². The molecule has 1 saturated heterocycles. The fraction of sp³-hybridized carbons (Fsp3) is 0.938. The first-order chi connectivity index (χ1) is 9.22. The lowest BCUT2D eigenvalue weighted by molar-refractivity contribution is -0.128. The zero-order valence-electron chi connectivity index (χ0n) is 12.2. The number of likely N-dealkylation sites (tertiary alicyclic amines) is 1. The summed E-state index contributed by atoms with van der Waals surface area (Å²) in [7, 11) is 0. The molecule has 0 aromatic carbocycles. The van der Waals surface area contributed by atoms with Crippen LogP contribution in [-0.4, -0.2) is 36.0 Å². The molecule has 1 N–H and O–H groups in total. The van der Waals surface area contributed by atoms with E-state index in [0.717, 1.165) is 37.8 Å². The van der Waals surface area contributed by atoms with Gasteiger partial charge >= 0.3 is 0 Å². The molecule has 3 heteroatoms. The molecule has 1 heterocycles. The zero-order chi connectivity index (χ0) is 13.2. The number of nitrogens with zero attached hydrogens (tertiary/aromatic N) is 1. The number of carbonyl (C=O) groups excluding carboxylic acids is 1. The third-order valence-electron chi connectivity index (χ3n) is 5.19. The number of hydrogen-bond donors (Lipinski definition) is 1. The van der Waals surface area contributed by atoms with Crippen molar-refractivity contribution in [2.45, 2.75) is 70.4 Å². The summed E-state index contributed by atoms with van der Waals surface area (Å²) < 4.78 is 0. The molecule has 3 fully saturated rings. The first kappa shape index (κ1) is 13.4. The molecule has 19 heavy (non-hydrogen) atoms. The zero-order valence-corrected chi connectivity index (χ0v) is 12.2. The monoisotopic (exact) mass is 264 g/mol. The Morgan fingerprint density at radius 1 is 1.21 bits per heavy atom. The van der Waals surface area contributed by atoms with Crippen molar-refractivity contribution in [3.63, 3.8) is 0 Å². The second-order valence-corrected chi connectivity index (χ2v) is 6.97. The smallest absolute Gasteiger partial charge is 0.222 e. The highest BCUT2D eigenvalue weighted by Crippen LogP contribution is 2.43. The molecule has 3 unspecified atom stereocenters. The number of rotatable bonds is 5. The highest BCUT2D eigenvalue weighted by Gasteiger charge is 2.35. The highest BCUT2D eigenvalue weighted by molar-refractivity contribution is 5.78. The minimum absolute atomic E-state index is 0.355. The number of hydrogen-bond acceptors (Lipinski definition) is 2. The molecule has 2 saturated carbocycles. The highest BCUT2D eigenvalue weighted by atomic mass is 16.2. The third kappa shape index (κ3) is 3.50. The van der Waals surface area contributed by atoms with E-state index in [9.17, 15) is 4.79 Å². The van der Waals surface area contributed by atoms with Gasteiger partial charge in [0.25, 0.3) is 0 Å². The topological polar surface area (TPSA) is 32.3 Å². The summed E-state index contributed by atoms with van der Waals surface area (Å²) in [6.45, 7) is 4.12. The Morgan fingerprint density at radius 2 is 2.05 bits per heavy atom. The minimum atomic E-state index is 0.355. The van der Waals surface area contributed by atoms with Gasteiger partial charge in [-0.05, 0) is 50.9 Å². The molecule has 0 bridgehead atoms. The lowest BCUT2D eigenvalue weighted by Crippen LogP contribution is -2.46. The average Bonchev–Trinajstić information content (AvgIpc) is 3.16. The normalized spacial score (nSPS) is 33.7. The standard InChI is InChI=1S/C16H28N2O/c1-12(11-18-9-3-6-16(18)19)17-15-5-2-4-14(10-15)13-7-8-13/h12-15,17H,2-11H2,1H3. The summed E-state index contributed by atoms with van der Waals surface area (Å²) >= 11 is 0. The maximum absolute atomic E-state index is 11.6. The predicted molar refractivity (Wildman–Crippen MR) is 76.9 cm³/mol. The van der Waals surface area contributed by atoms with Crippen LogP contribution in [0.4, 0.5) is 0 Å². The van der Waals surface area contributed by atoms with Crippen LogP contribution in [0.1, 0.15) is 58.3 Å². The molecule has 1 amide bonds. The summed E-state index contributed by atoms with van der Waals surface area (Å²) in [5.41, 5.74) is 0. The van der Waals surface area contributed by atoms with Crippen LogP contribution in [0.2, 0.25) is 0 Å². The second kappa shape index (κ2) is 5.82. The lowest BCUT2D eigenvalue weighted by atomic mass is 9.82. The van der Waals surface area contributed by atoms with Gasteiger partial charge in [0, 0.05) is 31.6 Å². The fourth-order valence-electron chi connectivity index (χ4n) is 4.06. The quantitative estimate of drug-likeness (QED) is 0.827. The van der Waals surface area contributed by atoms with Gasteiger partial charge in [-0.2, -0.15) is 0 Å². The molecule has 0 aromatic heterocycles. The van der Waals surface area contributed by atoms with Crippen LogP contribution in [0.5, 0.6) is 0 Å². The van der Waals surface area contributed by atoms with Crippen molar-refractivity contribution < 1.29 is 4.79 Å². The van der Waals surface area contributed by atoms with E-state index in [1.807, 2.05) is 4.90 Å². The predicted octanol–water partition coefficient (Wildman–Crippen LogP) is 2.56. The maximum Gasteiger partial charge on any atom is 0.222 e. The van der Waals surface area contributed by atoms with Crippen molar-refractivity contribution in [3.05, 3.63) is 0 Å². The van der Waals surface area contributed by atoms with Gasteiger partial charge < -0.3 is 10.2 Å². The van der Waals surface area contributed by atoms with Gasteiger partial charge in [-0.15, -0.1) is 0 Å². The summed E-state index contributed by atoms with van der Waals surface area (Å²) in [6, 6.07) is 1.15. The van der Waals surface area contributed by atoms with E-state index >= 15 is 0 Å². The molecule has 108 valence electrons. The molecule has 3 atom stereocenters. The number of amides is 1. The van der Waals surface area contributed by atoms with E-state index in [2.05, 4.69) is 12.2 Å². The lowest BCUT2D eigenvalue weighted by Gasteiger charge is -2.33. The van der Waals surface area contributed by atoms with Gasteiger partial charge in [0.2, 0.25) is 5.91 Å². The van der Waals surface area contributed by atoms with Crippen LogP contribution in [0.3, 0.4) is 0 Å². The van der Waals surface area contributed by atoms with E-state index in [0.29, 0.717) is 18.0 Å². The summed E-state index contributed by atoms with van der Waals surface area (Å²) in [4.78, 5) is 13.7. The van der Waals surface area contributed by atoms with Gasteiger partial charge in [0.05, 0.1) is 0 Å². The Labute approximate surface area is 117 Å². The molecule has 1 aliphatic heterocycles. The minimum Gasteiger partial charge on any atom is -0.341 e. The molecule has 0 aromatic rings. The molecule has 3 nitrogen and oxygen atoms in total. The first-order valence-corrected chi connectivity index (χ1v) is 8.26. The Morgan fingerprint density at radius 3 is 2.74 bits per heavy atom. The van der Waals surface area contributed by atoms with Crippen LogP contribution in [0, 0.1) is 11.8 Å². The van der Waals surface area contributed by atoms with Crippen LogP contribution < -0.4 is 5.32 Å². The largest absolute Gasteiger partial charge is 0.341 e. The molecule has 2 aliphatic carbocycles. The van der Waals surface area contributed by atoms with Crippen molar-refractivity contribution >= 4 is 5.91 Å². The molecule has 0 radical (unpaired) electrons. The third-order valence-corrected chi connectivity index (χ3v) is 5.19. The van der Waals surface area contributed by atoms with E-state index in [4.69, 9.17) is 0 Å². The van der Waals surface area contributed by atoms with Gasteiger partial charge in [-0.3, -0.25) is 4.79 Å². The van der Waals surface area contributed by atoms with Crippen molar-refractivity contribution in [1.82, 2.24) is 10.2 Å². The molecular weight excluding hydrogens is 236 g/mol. The molecule has 0 spiro atoms. The SMILES string of the molecule is CC(CN1CCCC1=O)NC1CCCC(C2CC2)C1. The summed E-state index contributed by atoms with van der Waals surface area (Å²) in [6.07, 6.45) is 10.4. The molecular formula is C16H28N2O. The molecule has 3 aliphatic rings. The number of carbonyl (C=O) groups is 1. The van der Waals surface area contributed by atoms with E-state index < -0.39 is 0 Å². The van der Waals surface area contributed by atoms with E-state index in [1.165, 1.54) is 38.5 Å². The second-order valence-electron chi connectivity index (χ2n) is 6.97. The van der Waals surface area contributed by atoms with Gasteiger partial charge in [-0.25, -0.2) is 0 Å². The summed E-state index contributed by atoms with van der Waals surface area (Å²) in [5.74, 6) is 2.40. The summed E-state index contributed by atoms with van der Waals surface area (Å²) in [5, 5.41) is 3.78. The van der Waals surface area contributed by atoms with Gasteiger partial charge in [-0.1, -0.05) is 12.8 Å². The van der Waals surface area contributed by atoms with Crippen molar-refractivity contribution in [1.29, 1.82) is 0 Å². The Hall–Kier alpha value is -0.570. The van der Waals surface area contributed by atoms with Crippen LogP contribution in [-0.2, 0) is 4.79 Å². The first-order valence-electron chi connectivity index (χ1n) is 8.26. The van der Waals surface area contributed by atoms with E-state index in [-0.39, 0.29) is 0 Å². The average molecular weight is 264 g/mol. The van der Waals surface area contributed by atoms with Crippen LogP contribution >= 0.6 is 0 Å². The van der Waals surface area contributed by atoms with Gasteiger partial charge in [0.1, 0.15) is 0 Å². The Bertz CT molecular complexity index is 327. The van der Waals surface area contributed by atoms with Crippen molar-refractivity contribution in [2.75, 3.05) is 13.1 Å². The Balaban J connectivity index is 1.43. The number of nitrogens with one attached hydrogen (secondary N) is 1. The molecule has 3 rings (SSSR count).